The molecule has 5 heteroatoms. The van der Waals surface area contributed by atoms with Crippen molar-refractivity contribution < 1.29 is 19.1 Å². The summed E-state index contributed by atoms with van der Waals surface area (Å²) in [4.78, 5) is 36.2. The Bertz CT molecular complexity index is 448. The maximum atomic E-state index is 12.4. The van der Waals surface area contributed by atoms with E-state index in [-0.39, 0.29) is 22.8 Å². The van der Waals surface area contributed by atoms with Gasteiger partial charge in [0.05, 0.1) is 12.7 Å². The van der Waals surface area contributed by atoms with E-state index in [4.69, 9.17) is 11.6 Å². The molecule has 0 aromatic heterocycles. The van der Waals surface area contributed by atoms with Gasteiger partial charge in [-0.25, -0.2) is 0 Å². The molecule has 19 heavy (non-hydrogen) atoms. The van der Waals surface area contributed by atoms with Gasteiger partial charge in [-0.3, -0.25) is 14.4 Å². The van der Waals surface area contributed by atoms with Gasteiger partial charge in [-0.05, 0) is 18.3 Å². The molecule has 1 aliphatic rings. The van der Waals surface area contributed by atoms with Gasteiger partial charge in [-0.2, -0.15) is 0 Å². The quantitative estimate of drug-likeness (QED) is 0.453. The van der Waals surface area contributed by atoms with Crippen LogP contribution in [0.5, 0.6) is 0 Å². The van der Waals surface area contributed by atoms with Crippen LogP contribution in [0.4, 0.5) is 0 Å². The fourth-order valence-corrected chi connectivity index (χ4v) is 2.95. The SMILES string of the molecule is CCCC(=O)C1=C(Cl)CC(C)(C)[C@@H](C(=O)OC)C1=O. The minimum atomic E-state index is -0.962. The van der Waals surface area contributed by atoms with Crippen molar-refractivity contribution >= 4 is 29.1 Å². The molecular formula is C14H19ClO4. The first-order valence-electron chi connectivity index (χ1n) is 6.30. The van der Waals surface area contributed by atoms with Crippen molar-refractivity contribution in [2.45, 2.75) is 40.0 Å². The maximum absolute atomic E-state index is 12.4. The van der Waals surface area contributed by atoms with Crippen molar-refractivity contribution in [1.82, 2.24) is 0 Å². The van der Waals surface area contributed by atoms with Crippen molar-refractivity contribution in [3.63, 3.8) is 0 Å². The fourth-order valence-electron chi connectivity index (χ4n) is 2.41. The lowest BCUT2D eigenvalue weighted by atomic mass is 9.68. The van der Waals surface area contributed by atoms with Crippen LogP contribution in [0.2, 0.25) is 0 Å². The van der Waals surface area contributed by atoms with Gasteiger partial charge >= 0.3 is 5.97 Å². The maximum Gasteiger partial charge on any atom is 0.317 e. The molecular weight excluding hydrogens is 268 g/mol. The number of allylic oxidation sites excluding steroid dienone is 2. The Hall–Kier alpha value is -1.16. The fraction of sp³-hybridized carbons (Fsp3) is 0.643. The Labute approximate surface area is 118 Å². The number of rotatable bonds is 4. The normalized spacial score (nSPS) is 22.4. The van der Waals surface area contributed by atoms with Gasteiger partial charge in [0.25, 0.3) is 0 Å². The van der Waals surface area contributed by atoms with Crippen LogP contribution in [0.15, 0.2) is 10.6 Å². The van der Waals surface area contributed by atoms with E-state index in [1.54, 1.807) is 13.8 Å². The van der Waals surface area contributed by atoms with Crippen LogP contribution in [-0.4, -0.2) is 24.6 Å². The van der Waals surface area contributed by atoms with Crippen LogP contribution in [0.25, 0.3) is 0 Å². The molecule has 1 rings (SSSR count). The summed E-state index contributed by atoms with van der Waals surface area (Å²) >= 11 is 6.09. The largest absolute Gasteiger partial charge is 0.468 e. The summed E-state index contributed by atoms with van der Waals surface area (Å²) in [7, 11) is 1.24. The van der Waals surface area contributed by atoms with E-state index in [0.717, 1.165) is 0 Å². The lowest BCUT2D eigenvalue weighted by Gasteiger charge is -2.35. The summed E-state index contributed by atoms with van der Waals surface area (Å²) in [6.07, 6.45) is 1.21. The number of carbonyl (C=O) groups is 3. The van der Waals surface area contributed by atoms with Crippen LogP contribution in [0.3, 0.4) is 0 Å². The van der Waals surface area contributed by atoms with Gasteiger partial charge in [-0.15, -0.1) is 0 Å². The second-order valence-corrected chi connectivity index (χ2v) is 5.90. The molecule has 0 saturated carbocycles. The summed E-state index contributed by atoms with van der Waals surface area (Å²) in [5.74, 6) is -2.37. The van der Waals surface area contributed by atoms with Crippen LogP contribution in [0, 0.1) is 11.3 Å². The van der Waals surface area contributed by atoms with E-state index in [9.17, 15) is 14.4 Å². The molecule has 0 amide bonds. The first-order valence-corrected chi connectivity index (χ1v) is 6.68. The van der Waals surface area contributed by atoms with Gasteiger partial charge < -0.3 is 4.74 Å². The Kier molecular flexibility index (Phi) is 4.91. The number of hydrogen-bond acceptors (Lipinski definition) is 4. The summed E-state index contributed by atoms with van der Waals surface area (Å²) in [5.41, 5.74) is -0.657. The minimum Gasteiger partial charge on any atom is -0.468 e. The molecule has 0 aliphatic heterocycles. The van der Waals surface area contributed by atoms with Crippen molar-refractivity contribution in [2.24, 2.45) is 11.3 Å². The second-order valence-electron chi connectivity index (χ2n) is 5.44. The molecule has 106 valence electrons. The Balaban J connectivity index is 3.24. The number of ketones is 2. The average Bonchev–Trinajstić information content (AvgIpc) is 2.26. The van der Waals surface area contributed by atoms with Crippen LogP contribution < -0.4 is 0 Å². The lowest BCUT2D eigenvalue weighted by Crippen LogP contribution is -2.43. The van der Waals surface area contributed by atoms with Gasteiger partial charge in [0.2, 0.25) is 0 Å². The van der Waals surface area contributed by atoms with E-state index in [0.29, 0.717) is 12.8 Å². The van der Waals surface area contributed by atoms with Crippen LogP contribution in [0.1, 0.15) is 40.0 Å². The van der Waals surface area contributed by atoms with Gasteiger partial charge in [-0.1, -0.05) is 32.4 Å². The predicted molar refractivity (Wildman–Crippen MR) is 71.7 cm³/mol. The molecule has 0 radical (unpaired) electrons. The number of ether oxygens (including phenoxy) is 1. The number of carbonyl (C=O) groups excluding carboxylic acids is 3. The topological polar surface area (TPSA) is 60.4 Å². The molecule has 1 aliphatic carbocycles. The minimum absolute atomic E-state index is 0.0155. The second kappa shape index (κ2) is 5.87. The predicted octanol–water partition coefficient (Wildman–Crippen LogP) is 2.64. The number of methoxy groups -OCH3 is 1. The molecule has 0 spiro atoms. The Morgan fingerprint density at radius 1 is 1.42 bits per heavy atom. The zero-order valence-corrected chi connectivity index (χ0v) is 12.5. The van der Waals surface area contributed by atoms with Gasteiger partial charge in [0, 0.05) is 11.5 Å². The zero-order valence-electron chi connectivity index (χ0n) is 11.7. The molecule has 4 nitrogen and oxygen atoms in total. The number of hydrogen-bond donors (Lipinski definition) is 0. The smallest absolute Gasteiger partial charge is 0.317 e. The molecule has 0 bridgehead atoms. The Morgan fingerprint density at radius 2 is 2.00 bits per heavy atom. The van der Waals surface area contributed by atoms with Crippen LogP contribution in [-0.2, 0) is 19.1 Å². The van der Waals surface area contributed by atoms with Crippen molar-refractivity contribution in [3.8, 4) is 0 Å². The average molecular weight is 287 g/mol. The standard InChI is InChI=1S/C14H19ClO4/c1-5-6-9(16)10-8(15)7-14(2,3)11(12(10)17)13(18)19-4/h11H,5-7H2,1-4H3/t11-/m1/s1. The van der Waals surface area contributed by atoms with Crippen molar-refractivity contribution in [1.29, 1.82) is 0 Å². The summed E-state index contributed by atoms with van der Waals surface area (Å²) in [5, 5.41) is 0.258. The Morgan fingerprint density at radius 3 is 2.47 bits per heavy atom. The van der Waals surface area contributed by atoms with Crippen molar-refractivity contribution in [2.75, 3.05) is 7.11 Å². The highest BCUT2D eigenvalue weighted by Gasteiger charge is 2.48. The van der Waals surface area contributed by atoms with Gasteiger partial charge in [0.15, 0.2) is 11.6 Å². The molecule has 0 saturated heterocycles. The first kappa shape index (κ1) is 15.9. The molecule has 0 fully saturated rings. The van der Waals surface area contributed by atoms with E-state index >= 15 is 0 Å². The monoisotopic (exact) mass is 286 g/mol. The molecule has 0 N–H and O–H groups in total. The van der Waals surface area contributed by atoms with E-state index < -0.39 is 23.1 Å². The third-order valence-corrected chi connectivity index (χ3v) is 3.69. The number of Topliss-reactive ketones (excluding diaryl/α,β-unsaturated/α-hetero) is 2. The first-order chi connectivity index (χ1) is 8.76. The van der Waals surface area contributed by atoms with Crippen LogP contribution >= 0.6 is 11.6 Å². The van der Waals surface area contributed by atoms with E-state index in [2.05, 4.69) is 4.74 Å². The lowest BCUT2D eigenvalue weighted by molar-refractivity contribution is -0.153. The molecule has 0 aromatic rings. The molecule has 0 unspecified atom stereocenters. The van der Waals surface area contributed by atoms with E-state index in [1.807, 2.05) is 6.92 Å². The molecule has 0 aromatic carbocycles. The summed E-state index contributed by atoms with van der Waals surface area (Å²) < 4.78 is 4.68. The third-order valence-electron chi connectivity index (χ3n) is 3.36. The highest BCUT2D eigenvalue weighted by Crippen LogP contribution is 2.43. The third kappa shape index (κ3) is 3.06. The van der Waals surface area contributed by atoms with Crippen molar-refractivity contribution in [3.05, 3.63) is 10.6 Å². The van der Waals surface area contributed by atoms with Gasteiger partial charge in [0.1, 0.15) is 5.92 Å². The number of halogens is 1. The number of esters is 1. The molecule has 1 atom stereocenters. The van der Waals surface area contributed by atoms with E-state index in [1.165, 1.54) is 7.11 Å². The molecule has 0 heterocycles. The zero-order chi connectivity index (χ0) is 14.8. The highest BCUT2D eigenvalue weighted by molar-refractivity contribution is 6.38. The summed E-state index contributed by atoms with van der Waals surface area (Å²) in [6, 6.07) is 0. The summed E-state index contributed by atoms with van der Waals surface area (Å²) in [6.45, 7) is 5.40. The highest BCUT2D eigenvalue weighted by atomic mass is 35.5.